The average molecular weight is 492 g/mol. The van der Waals surface area contributed by atoms with Crippen LogP contribution in [0, 0.1) is 5.92 Å². The van der Waals surface area contributed by atoms with Crippen LogP contribution in [0.25, 0.3) is 10.8 Å². The lowest BCUT2D eigenvalue weighted by Crippen LogP contribution is -2.47. The van der Waals surface area contributed by atoms with Gasteiger partial charge in [0.05, 0.1) is 5.56 Å². The summed E-state index contributed by atoms with van der Waals surface area (Å²) in [4.78, 5) is 29.7. The molecule has 6 rings (SSSR count). The molecule has 2 aliphatic rings. The van der Waals surface area contributed by atoms with Gasteiger partial charge in [0, 0.05) is 57.0 Å². The summed E-state index contributed by atoms with van der Waals surface area (Å²) >= 11 is 0. The molecule has 0 unspecified atom stereocenters. The lowest BCUT2D eigenvalue weighted by molar-refractivity contribution is 0.0692. The largest absolute Gasteiger partial charge is 0.353 e. The molecule has 6 nitrogen and oxygen atoms in total. The zero-order valence-electron chi connectivity index (χ0n) is 21.2. The standard InChI is InChI=1S/C31H33N5O/c37-31(36-16-13-25(14-17-36)22-24-8-2-1-3-9-24)28-23-33-30(27-11-5-4-10-26(27)28)35-20-18-34(19-21-35)29-12-6-7-15-32-29/h1-12,15,23,25H,13-14,16-22H2. The Kier molecular flexibility index (Phi) is 6.72. The van der Waals surface area contributed by atoms with Crippen molar-refractivity contribution in [1.82, 2.24) is 14.9 Å². The second kappa shape index (κ2) is 10.6. The second-order valence-corrected chi connectivity index (χ2v) is 10.1. The van der Waals surface area contributed by atoms with Gasteiger partial charge in [-0.3, -0.25) is 4.79 Å². The Balaban J connectivity index is 1.15. The molecule has 2 saturated heterocycles. The third-order valence-electron chi connectivity index (χ3n) is 7.83. The van der Waals surface area contributed by atoms with Crippen LogP contribution in [0.5, 0.6) is 0 Å². The number of carbonyl (C=O) groups is 1. The molecule has 0 atom stereocenters. The van der Waals surface area contributed by atoms with E-state index < -0.39 is 0 Å². The number of benzene rings is 2. The van der Waals surface area contributed by atoms with Crippen LogP contribution in [0.1, 0.15) is 28.8 Å². The highest BCUT2D eigenvalue weighted by atomic mass is 16.2. The van der Waals surface area contributed by atoms with Crippen LogP contribution in [0.3, 0.4) is 0 Å². The number of aromatic nitrogens is 2. The number of rotatable bonds is 5. The van der Waals surface area contributed by atoms with Crippen molar-refractivity contribution in [2.75, 3.05) is 49.1 Å². The molecule has 6 heteroatoms. The number of hydrogen-bond acceptors (Lipinski definition) is 5. The van der Waals surface area contributed by atoms with Gasteiger partial charge in [-0.2, -0.15) is 0 Å². The van der Waals surface area contributed by atoms with Crippen molar-refractivity contribution in [2.45, 2.75) is 19.3 Å². The maximum atomic E-state index is 13.6. The van der Waals surface area contributed by atoms with E-state index in [0.717, 1.165) is 80.9 Å². The van der Waals surface area contributed by atoms with Gasteiger partial charge in [0.25, 0.3) is 5.91 Å². The highest BCUT2D eigenvalue weighted by molar-refractivity contribution is 6.09. The van der Waals surface area contributed by atoms with E-state index in [1.807, 2.05) is 35.4 Å². The van der Waals surface area contributed by atoms with Crippen LogP contribution >= 0.6 is 0 Å². The Hall–Kier alpha value is -3.93. The summed E-state index contributed by atoms with van der Waals surface area (Å²) < 4.78 is 0. The van der Waals surface area contributed by atoms with Gasteiger partial charge < -0.3 is 14.7 Å². The van der Waals surface area contributed by atoms with Crippen LogP contribution < -0.4 is 9.80 Å². The van der Waals surface area contributed by atoms with E-state index in [4.69, 9.17) is 4.98 Å². The minimum absolute atomic E-state index is 0.105. The molecule has 0 bridgehead atoms. The molecule has 0 N–H and O–H groups in total. The summed E-state index contributed by atoms with van der Waals surface area (Å²) in [5.74, 6) is 2.73. The molecule has 0 aliphatic carbocycles. The number of anilines is 2. The smallest absolute Gasteiger partial charge is 0.256 e. The van der Waals surface area contributed by atoms with Gasteiger partial charge in [-0.15, -0.1) is 0 Å². The normalized spacial score (nSPS) is 16.8. The van der Waals surface area contributed by atoms with Crippen molar-refractivity contribution in [3.8, 4) is 0 Å². The first-order valence-electron chi connectivity index (χ1n) is 13.4. The molecule has 0 saturated carbocycles. The highest BCUT2D eigenvalue weighted by Gasteiger charge is 2.27. The highest BCUT2D eigenvalue weighted by Crippen LogP contribution is 2.30. The lowest BCUT2D eigenvalue weighted by atomic mass is 9.90. The fourth-order valence-electron chi connectivity index (χ4n) is 5.75. The van der Waals surface area contributed by atoms with Gasteiger partial charge in [-0.25, -0.2) is 9.97 Å². The Labute approximate surface area is 218 Å². The van der Waals surface area contributed by atoms with Crippen LogP contribution in [0.15, 0.2) is 85.2 Å². The van der Waals surface area contributed by atoms with Gasteiger partial charge in [-0.1, -0.05) is 60.7 Å². The second-order valence-electron chi connectivity index (χ2n) is 10.1. The minimum Gasteiger partial charge on any atom is -0.353 e. The zero-order chi connectivity index (χ0) is 25.0. The molecule has 4 heterocycles. The molecule has 4 aromatic rings. The Morgan fingerprint density at radius 2 is 1.41 bits per heavy atom. The summed E-state index contributed by atoms with van der Waals surface area (Å²) in [5, 5.41) is 2.05. The SMILES string of the molecule is O=C(c1cnc(N2CCN(c3ccccn3)CC2)c2ccccc12)N1CCC(Cc2ccccc2)CC1. The maximum Gasteiger partial charge on any atom is 0.256 e. The topological polar surface area (TPSA) is 52.6 Å². The first-order chi connectivity index (χ1) is 18.3. The Morgan fingerprint density at radius 1 is 0.730 bits per heavy atom. The molecule has 1 amide bonds. The minimum atomic E-state index is 0.105. The van der Waals surface area contributed by atoms with Gasteiger partial charge in [0.1, 0.15) is 11.6 Å². The van der Waals surface area contributed by atoms with Crippen molar-refractivity contribution in [3.63, 3.8) is 0 Å². The molecular weight excluding hydrogens is 458 g/mol. The van der Waals surface area contributed by atoms with Gasteiger partial charge in [0.2, 0.25) is 0 Å². The molecule has 0 spiro atoms. The van der Waals surface area contributed by atoms with Crippen LogP contribution in [0.4, 0.5) is 11.6 Å². The first kappa shape index (κ1) is 23.5. The van der Waals surface area contributed by atoms with E-state index >= 15 is 0 Å². The van der Waals surface area contributed by atoms with Gasteiger partial charge in [0.15, 0.2) is 0 Å². The summed E-state index contributed by atoms with van der Waals surface area (Å²) in [6, 6.07) is 25.0. The third kappa shape index (κ3) is 5.01. The molecular formula is C31H33N5O. The predicted octanol–water partition coefficient (Wildman–Crippen LogP) is 5.05. The van der Waals surface area contributed by atoms with Crippen molar-refractivity contribution in [3.05, 3.63) is 96.3 Å². The van der Waals surface area contributed by atoms with Crippen molar-refractivity contribution < 1.29 is 4.79 Å². The quantitative estimate of drug-likeness (QED) is 0.391. The number of hydrogen-bond donors (Lipinski definition) is 0. The number of fused-ring (bicyclic) bond motifs is 1. The molecule has 0 radical (unpaired) electrons. The Bertz CT molecular complexity index is 1340. The third-order valence-corrected chi connectivity index (χ3v) is 7.83. The zero-order valence-corrected chi connectivity index (χ0v) is 21.2. The van der Waals surface area contributed by atoms with Gasteiger partial charge in [-0.05, 0) is 48.3 Å². The summed E-state index contributed by atoms with van der Waals surface area (Å²) in [5.41, 5.74) is 2.10. The van der Waals surface area contributed by atoms with Crippen molar-refractivity contribution in [1.29, 1.82) is 0 Å². The van der Waals surface area contributed by atoms with E-state index in [2.05, 4.69) is 63.3 Å². The molecule has 2 aromatic heterocycles. The fourth-order valence-corrected chi connectivity index (χ4v) is 5.75. The van der Waals surface area contributed by atoms with Crippen molar-refractivity contribution in [2.24, 2.45) is 5.92 Å². The number of piperazine rings is 1. The lowest BCUT2D eigenvalue weighted by Gasteiger charge is -2.36. The van der Waals surface area contributed by atoms with Crippen LogP contribution in [-0.2, 0) is 6.42 Å². The summed E-state index contributed by atoms with van der Waals surface area (Å²) in [6.45, 7) is 5.15. The van der Waals surface area contributed by atoms with E-state index in [1.165, 1.54) is 5.56 Å². The number of carbonyl (C=O) groups excluding carboxylic acids is 1. The van der Waals surface area contributed by atoms with E-state index in [0.29, 0.717) is 11.5 Å². The van der Waals surface area contributed by atoms with Crippen LogP contribution in [-0.4, -0.2) is 60.0 Å². The number of likely N-dealkylation sites (tertiary alicyclic amines) is 1. The summed E-state index contributed by atoms with van der Waals surface area (Å²) in [7, 11) is 0. The molecule has 2 aliphatic heterocycles. The van der Waals surface area contributed by atoms with Crippen molar-refractivity contribution >= 4 is 28.3 Å². The maximum absolute atomic E-state index is 13.6. The average Bonchev–Trinajstić information content (AvgIpc) is 2.98. The fraction of sp³-hybridized carbons (Fsp3) is 0.323. The molecule has 2 aromatic carbocycles. The van der Waals surface area contributed by atoms with E-state index in [9.17, 15) is 4.79 Å². The van der Waals surface area contributed by atoms with Crippen LogP contribution in [0.2, 0.25) is 0 Å². The number of pyridine rings is 2. The number of nitrogens with zero attached hydrogens (tertiary/aromatic N) is 5. The monoisotopic (exact) mass is 491 g/mol. The van der Waals surface area contributed by atoms with Gasteiger partial charge >= 0.3 is 0 Å². The van der Waals surface area contributed by atoms with E-state index in [-0.39, 0.29) is 5.91 Å². The predicted molar refractivity (Wildman–Crippen MR) is 149 cm³/mol. The Morgan fingerprint density at radius 3 is 2.14 bits per heavy atom. The molecule has 37 heavy (non-hydrogen) atoms. The summed E-state index contributed by atoms with van der Waals surface area (Å²) in [6.07, 6.45) is 6.84. The number of piperidine rings is 1. The molecule has 2 fully saturated rings. The molecule has 188 valence electrons. The number of amides is 1. The van der Waals surface area contributed by atoms with E-state index in [1.54, 1.807) is 6.20 Å². The first-order valence-corrected chi connectivity index (χ1v) is 13.4.